The Hall–Kier alpha value is -1.91. The first-order valence-electron chi connectivity index (χ1n) is 5.63. The van der Waals surface area contributed by atoms with Crippen LogP contribution in [0.4, 0.5) is 10.1 Å². The van der Waals surface area contributed by atoms with Gasteiger partial charge >= 0.3 is 0 Å². The molecule has 4 nitrogen and oxygen atoms in total. The third-order valence-corrected chi connectivity index (χ3v) is 3.17. The molecule has 17 heavy (non-hydrogen) atoms. The second-order valence-corrected chi connectivity index (χ2v) is 4.29. The lowest BCUT2D eigenvalue weighted by Gasteiger charge is -2.20. The first-order chi connectivity index (χ1) is 8.25. The minimum Gasteiger partial charge on any atom is -0.398 e. The summed E-state index contributed by atoms with van der Waals surface area (Å²) in [5.41, 5.74) is 6.23. The molecule has 1 aromatic heterocycles. The molecule has 1 fully saturated rings. The van der Waals surface area contributed by atoms with E-state index >= 15 is 0 Å². The van der Waals surface area contributed by atoms with Crippen LogP contribution in [-0.4, -0.2) is 10.1 Å². The van der Waals surface area contributed by atoms with E-state index in [0.29, 0.717) is 17.4 Å². The first kappa shape index (κ1) is 10.3. The lowest BCUT2D eigenvalue weighted by molar-refractivity contribution is 0.365. The molecule has 1 aromatic carbocycles. The lowest BCUT2D eigenvalue weighted by Crippen LogP contribution is -2.10. The number of benzene rings is 1. The van der Waals surface area contributed by atoms with Crippen molar-refractivity contribution in [2.45, 2.75) is 25.2 Å². The maximum absolute atomic E-state index is 13.6. The molecule has 1 aliphatic carbocycles. The minimum absolute atomic E-state index is 0.169. The predicted molar refractivity (Wildman–Crippen MR) is 60.7 cm³/mol. The number of aromatic nitrogens is 2. The van der Waals surface area contributed by atoms with Crippen LogP contribution in [0.3, 0.4) is 0 Å². The van der Waals surface area contributed by atoms with E-state index in [1.807, 2.05) is 0 Å². The van der Waals surface area contributed by atoms with Crippen LogP contribution in [0.15, 0.2) is 22.7 Å². The maximum atomic E-state index is 13.6. The third-order valence-electron chi connectivity index (χ3n) is 3.17. The molecule has 3 rings (SSSR count). The van der Waals surface area contributed by atoms with Crippen molar-refractivity contribution in [3.05, 3.63) is 29.8 Å². The highest BCUT2D eigenvalue weighted by atomic mass is 19.1. The van der Waals surface area contributed by atoms with Crippen molar-refractivity contribution in [2.75, 3.05) is 5.73 Å². The number of hydrogen-bond donors (Lipinski definition) is 1. The molecule has 1 aliphatic rings. The fourth-order valence-electron chi connectivity index (χ4n) is 1.94. The standard InChI is InChI=1S/C12H12FN3O/c13-8-5-2-6-9(14)10(8)12-15-11(16-17-12)7-3-1-4-7/h2,5-7H,1,3-4,14H2. The summed E-state index contributed by atoms with van der Waals surface area (Å²) in [4.78, 5) is 4.23. The summed E-state index contributed by atoms with van der Waals surface area (Å²) in [7, 11) is 0. The Morgan fingerprint density at radius 2 is 2.18 bits per heavy atom. The van der Waals surface area contributed by atoms with Gasteiger partial charge in [-0.25, -0.2) is 4.39 Å². The highest BCUT2D eigenvalue weighted by Crippen LogP contribution is 2.36. The smallest absolute Gasteiger partial charge is 0.263 e. The van der Waals surface area contributed by atoms with Crippen LogP contribution < -0.4 is 5.73 Å². The van der Waals surface area contributed by atoms with Gasteiger partial charge in [0.25, 0.3) is 5.89 Å². The zero-order valence-electron chi connectivity index (χ0n) is 9.19. The fraction of sp³-hybridized carbons (Fsp3) is 0.333. The van der Waals surface area contributed by atoms with E-state index in [1.54, 1.807) is 12.1 Å². The predicted octanol–water partition coefficient (Wildman–Crippen LogP) is 2.73. The third kappa shape index (κ3) is 1.67. The summed E-state index contributed by atoms with van der Waals surface area (Å²) < 4.78 is 18.7. The Morgan fingerprint density at radius 1 is 1.35 bits per heavy atom. The molecular formula is C12H12FN3O. The summed E-state index contributed by atoms with van der Waals surface area (Å²) in [5.74, 6) is 0.755. The number of hydrogen-bond acceptors (Lipinski definition) is 4. The second-order valence-electron chi connectivity index (χ2n) is 4.29. The van der Waals surface area contributed by atoms with Gasteiger partial charge in [-0.3, -0.25) is 0 Å². The normalized spacial score (nSPS) is 15.8. The van der Waals surface area contributed by atoms with Crippen molar-refractivity contribution in [1.82, 2.24) is 10.1 Å². The van der Waals surface area contributed by atoms with Crippen LogP contribution in [0.2, 0.25) is 0 Å². The Balaban J connectivity index is 2.00. The summed E-state index contributed by atoms with van der Waals surface area (Å²) >= 11 is 0. The molecule has 2 aromatic rings. The number of nitrogens with zero attached hydrogens (tertiary/aromatic N) is 2. The van der Waals surface area contributed by atoms with Crippen molar-refractivity contribution >= 4 is 5.69 Å². The van der Waals surface area contributed by atoms with Crippen LogP contribution in [0.1, 0.15) is 31.0 Å². The average molecular weight is 233 g/mol. The van der Waals surface area contributed by atoms with Gasteiger partial charge in [0.05, 0.1) is 5.56 Å². The van der Waals surface area contributed by atoms with Gasteiger partial charge in [0.1, 0.15) is 5.82 Å². The quantitative estimate of drug-likeness (QED) is 0.810. The fourth-order valence-corrected chi connectivity index (χ4v) is 1.94. The molecule has 0 bridgehead atoms. The average Bonchev–Trinajstić information content (AvgIpc) is 2.64. The SMILES string of the molecule is Nc1cccc(F)c1-c1nc(C2CCC2)no1. The highest BCUT2D eigenvalue weighted by molar-refractivity contribution is 5.70. The monoisotopic (exact) mass is 233 g/mol. The van der Waals surface area contributed by atoms with Gasteiger partial charge in [-0.15, -0.1) is 0 Å². The second kappa shape index (κ2) is 3.84. The molecule has 0 aliphatic heterocycles. The lowest BCUT2D eigenvalue weighted by atomic mass is 9.85. The van der Waals surface area contributed by atoms with Crippen LogP contribution >= 0.6 is 0 Å². The van der Waals surface area contributed by atoms with E-state index in [9.17, 15) is 4.39 Å². The number of anilines is 1. The molecular weight excluding hydrogens is 221 g/mol. The Morgan fingerprint density at radius 3 is 2.82 bits per heavy atom. The molecule has 1 heterocycles. The molecule has 0 amide bonds. The molecule has 0 atom stereocenters. The highest BCUT2D eigenvalue weighted by Gasteiger charge is 2.26. The van der Waals surface area contributed by atoms with Crippen LogP contribution in [0.25, 0.3) is 11.5 Å². The molecule has 1 saturated carbocycles. The van der Waals surface area contributed by atoms with Crippen molar-refractivity contribution in [1.29, 1.82) is 0 Å². The molecule has 2 N–H and O–H groups in total. The van der Waals surface area contributed by atoms with Crippen molar-refractivity contribution in [3.63, 3.8) is 0 Å². The van der Waals surface area contributed by atoms with E-state index in [2.05, 4.69) is 10.1 Å². The summed E-state index contributed by atoms with van der Waals surface area (Å²) in [6.07, 6.45) is 3.34. The minimum atomic E-state index is -0.436. The van der Waals surface area contributed by atoms with Gasteiger partial charge in [0, 0.05) is 11.6 Å². The van der Waals surface area contributed by atoms with Crippen LogP contribution in [0, 0.1) is 5.82 Å². The van der Waals surface area contributed by atoms with Crippen molar-refractivity contribution in [2.24, 2.45) is 0 Å². The number of halogens is 1. The summed E-state index contributed by atoms with van der Waals surface area (Å²) in [5, 5.41) is 3.89. The van der Waals surface area contributed by atoms with Gasteiger partial charge in [-0.05, 0) is 25.0 Å². The van der Waals surface area contributed by atoms with Gasteiger partial charge < -0.3 is 10.3 Å². The maximum Gasteiger partial charge on any atom is 0.263 e. The first-order valence-corrected chi connectivity index (χ1v) is 5.63. The van der Waals surface area contributed by atoms with Gasteiger partial charge in [0.15, 0.2) is 5.82 Å². The Kier molecular flexibility index (Phi) is 2.31. The number of nitrogen functional groups attached to an aromatic ring is 1. The van der Waals surface area contributed by atoms with E-state index in [0.717, 1.165) is 12.8 Å². The van der Waals surface area contributed by atoms with Crippen molar-refractivity contribution in [3.8, 4) is 11.5 Å². The molecule has 0 radical (unpaired) electrons. The molecule has 88 valence electrons. The molecule has 5 heteroatoms. The largest absolute Gasteiger partial charge is 0.398 e. The number of rotatable bonds is 2. The van der Waals surface area contributed by atoms with Gasteiger partial charge in [0.2, 0.25) is 0 Å². The summed E-state index contributed by atoms with van der Waals surface area (Å²) in [6, 6.07) is 4.50. The van der Waals surface area contributed by atoms with E-state index in [-0.39, 0.29) is 11.5 Å². The van der Waals surface area contributed by atoms with Gasteiger partial charge in [-0.2, -0.15) is 4.98 Å². The zero-order valence-corrected chi connectivity index (χ0v) is 9.19. The summed E-state index contributed by atoms with van der Waals surface area (Å²) in [6.45, 7) is 0. The van der Waals surface area contributed by atoms with Gasteiger partial charge in [-0.1, -0.05) is 17.6 Å². The molecule has 0 unspecified atom stereocenters. The van der Waals surface area contributed by atoms with Crippen molar-refractivity contribution < 1.29 is 8.91 Å². The topological polar surface area (TPSA) is 64.9 Å². The molecule has 0 saturated heterocycles. The Bertz CT molecular complexity index is 528. The van der Waals surface area contributed by atoms with Crippen LogP contribution in [0.5, 0.6) is 0 Å². The Labute approximate surface area is 97.6 Å². The molecule has 0 spiro atoms. The van der Waals surface area contributed by atoms with E-state index < -0.39 is 5.82 Å². The number of nitrogens with two attached hydrogens (primary N) is 1. The van der Waals surface area contributed by atoms with Crippen LogP contribution in [-0.2, 0) is 0 Å². The zero-order chi connectivity index (χ0) is 11.8. The van der Waals surface area contributed by atoms with E-state index in [1.165, 1.54) is 12.5 Å². The van der Waals surface area contributed by atoms with E-state index in [4.69, 9.17) is 10.3 Å².